The van der Waals surface area contributed by atoms with Crippen molar-refractivity contribution in [1.82, 2.24) is 0 Å². The minimum Gasteiger partial charge on any atom is -0.508 e. The van der Waals surface area contributed by atoms with Crippen LogP contribution in [0.15, 0.2) is 48.5 Å². The van der Waals surface area contributed by atoms with Crippen molar-refractivity contribution in [2.75, 3.05) is 14.2 Å². The largest absolute Gasteiger partial charge is 0.508 e. The van der Waals surface area contributed by atoms with Crippen molar-refractivity contribution in [2.45, 2.75) is 0 Å². The van der Waals surface area contributed by atoms with Crippen molar-refractivity contribution >= 4 is 0 Å². The lowest BCUT2D eigenvalue weighted by molar-refractivity contribution is 0.351. The number of aromatic hydroxyl groups is 4. The van der Waals surface area contributed by atoms with Crippen LogP contribution in [0.25, 0.3) is 22.3 Å². The van der Waals surface area contributed by atoms with E-state index in [-0.39, 0.29) is 40.1 Å². The van der Waals surface area contributed by atoms with Gasteiger partial charge in [-0.2, -0.15) is 0 Å². The maximum atomic E-state index is 10.8. The second kappa shape index (κ2) is 6.76. The number of phenolic OH excluding ortho intramolecular Hbond substituents is 4. The molecule has 0 aromatic heterocycles. The molecule has 26 heavy (non-hydrogen) atoms. The Labute approximate surface area is 150 Å². The number of hydrogen-bond acceptors (Lipinski definition) is 6. The predicted molar refractivity (Wildman–Crippen MR) is 97.1 cm³/mol. The molecule has 4 N–H and O–H groups in total. The third kappa shape index (κ3) is 2.82. The van der Waals surface area contributed by atoms with Crippen LogP contribution in [-0.2, 0) is 0 Å². The Kier molecular flexibility index (Phi) is 4.49. The van der Waals surface area contributed by atoms with Gasteiger partial charge in [0.1, 0.15) is 11.5 Å². The van der Waals surface area contributed by atoms with Gasteiger partial charge in [0.25, 0.3) is 0 Å². The quantitative estimate of drug-likeness (QED) is 0.568. The number of methoxy groups -OCH3 is 2. The molecule has 0 fully saturated rings. The summed E-state index contributed by atoms with van der Waals surface area (Å²) in [5.74, 6) is -0.144. The van der Waals surface area contributed by atoms with Crippen LogP contribution in [-0.4, -0.2) is 34.6 Å². The van der Waals surface area contributed by atoms with E-state index in [2.05, 4.69) is 0 Å². The van der Waals surface area contributed by atoms with E-state index in [1.54, 1.807) is 24.3 Å². The predicted octanol–water partition coefficient (Wildman–Crippen LogP) is 3.86. The smallest absolute Gasteiger partial charge is 0.172 e. The van der Waals surface area contributed by atoms with Crippen molar-refractivity contribution in [2.24, 2.45) is 0 Å². The topological polar surface area (TPSA) is 99.4 Å². The Morgan fingerprint density at radius 1 is 0.538 bits per heavy atom. The lowest BCUT2D eigenvalue weighted by Gasteiger charge is -2.20. The maximum absolute atomic E-state index is 10.8. The van der Waals surface area contributed by atoms with Crippen LogP contribution in [0.1, 0.15) is 0 Å². The number of rotatable bonds is 4. The molecule has 0 unspecified atom stereocenters. The first-order chi connectivity index (χ1) is 12.5. The zero-order valence-electron chi connectivity index (χ0n) is 14.2. The van der Waals surface area contributed by atoms with Gasteiger partial charge >= 0.3 is 0 Å². The van der Waals surface area contributed by atoms with E-state index in [9.17, 15) is 20.4 Å². The lowest BCUT2D eigenvalue weighted by atomic mass is 9.95. The van der Waals surface area contributed by atoms with Crippen LogP contribution < -0.4 is 9.47 Å². The first-order valence-corrected chi connectivity index (χ1v) is 7.76. The van der Waals surface area contributed by atoms with Gasteiger partial charge in [-0.25, -0.2) is 0 Å². The van der Waals surface area contributed by atoms with Crippen molar-refractivity contribution in [3.05, 3.63) is 48.5 Å². The van der Waals surface area contributed by atoms with E-state index < -0.39 is 0 Å². The number of ether oxygens (including phenoxy) is 2. The second-order valence-electron chi connectivity index (χ2n) is 5.61. The second-order valence-corrected chi connectivity index (χ2v) is 5.61. The van der Waals surface area contributed by atoms with Gasteiger partial charge in [0.2, 0.25) is 0 Å². The molecule has 3 aromatic carbocycles. The molecular formula is C20H18O6. The average molecular weight is 354 g/mol. The molecule has 134 valence electrons. The summed E-state index contributed by atoms with van der Waals surface area (Å²) >= 11 is 0. The minimum absolute atomic E-state index is 0.0624. The standard InChI is InChI=1S/C20H18O6/c1-25-19-16(12-5-9-14(22)10-6-12)20(26-2)18(24)15(17(19)23)11-3-7-13(21)8-4-11/h3-10,21-24H,1-2H3. The van der Waals surface area contributed by atoms with E-state index >= 15 is 0 Å². The number of benzene rings is 3. The molecule has 0 aliphatic rings. The first-order valence-electron chi connectivity index (χ1n) is 7.76. The fourth-order valence-electron chi connectivity index (χ4n) is 2.87. The molecule has 0 spiro atoms. The van der Waals surface area contributed by atoms with Crippen LogP contribution in [0, 0.1) is 0 Å². The van der Waals surface area contributed by atoms with E-state index in [4.69, 9.17) is 9.47 Å². The van der Waals surface area contributed by atoms with Crippen molar-refractivity contribution in [3.8, 4) is 56.8 Å². The fraction of sp³-hybridized carbons (Fsp3) is 0.100. The van der Waals surface area contributed by atoms with Crippen LogP contribution in [0.2, 0.25) is 0 Å². The van der Waals surface area contributed by atoms with E-state index in [1.807, 2.05) is 0 Å². The first kappa shape index (κ1) is 17.3. The molecular weight excluding hydrogens is 336 g/mol. The Balaban J connectivity index is 2.34. The molecule has 0 saturated heterocycles. The molecule has 0 bridgehead atoms. The average Bonchev–Trinajstić information content (AvgIpc) is 2.64. The Bertz CT molecular complexity index is 899. The zero-order chi connectivity index (χ0) is 18.8. The molecule has 6 nitrogen and oxygen atoms in total. The van der Waals surface area contributed by atoms with Crippen molar-refractivity contribution in [3.63, 3.8) is 0 Å². The van der Waals surface area contributed by atoms with Crippen molar-refractivity contribution < 1.29 is 29.9 Å². The maximum Gasteiger partial charge on any atom is 0.172 e. The molecule has 0 heterocycles. The SMILES string of the molecule is COc1c(O)c(-c2ccc(O)cc2)c(O)c(OC)c1-c1ccc(O)cc1. The van der Waals surface area contributed by atoms with Gasteiger partial charge in [-0.15, -0.1) is 0 Å². The van der Waals surface area contributed by atoms with Gasteiger partial charge < -0.3 is 29.9 Å². The molecule has 6 heteroatoms. The summed E-state index contributed by atoms with van der Waals surface area (Å²) in [4.78, 5) is 0. The highest BCUT2D eigenvalue weighted by atomic mass is 16.5. The summed E-state index contributed by atoms with van der Waals surface area (Å²) in [7, 11) is 2.80. The van der Waals surface area contributed by atoms with Gasteiger partial charge in [0.15, 0.2) is 23.0 Å². The third-order valence-corrected chi connectivity index (χ3v) is 4.08. The Morgan fingerprint density at radius 3 is 1.23 bits per heavy atom. The molecule has 3 rings (SSSR count). The van der Waals surface area contributed by atoms with Gasteiger partial charge in [-0.05, 0) is 35.4 Å². The molecule has 0 aliphatic heterocycles. The van der Waals surface area contributed by atoms with E-state index in [0.29, 0.717) is 16.7 Å². The minimum atomic E-state index is -0.264. The molecule has 0 amide bonds. The highest BCUT2D eigenvalue weighted by Gasteiger charge is 2.27. The summed E-state index contributed by atoms with van der Waals surface area (Å²) < 4.78 is 10.8. The molecule has 0 aliphatic carbocycles. The Morgan fingerprint density at radius 2 is 0.885 bits per heavy atom. The van der Waals surface area contributed by atoms with Gasteiger partial charge in [0, 0.05) is 0 Å². The summed E-state index contributed by atoms with van der Waals surface area (Å²) in [5.41, 5.74) is 1.54. The summed E-state index contributed by atoms with van der Waals surface area (Å²) in [6, 6.07) is 12.2. The molecule has 0 saturated carbocycles. The van der Waals surface area contributed by atoms with Crippen LogP contribution in [0.4, 0.5) is 0 Å². The van der Waals surface area contributed by atoms with Gasteiger partial charge in [0.05, 0.1) is 25.3 Å². The molecule has 0 atom stereocenters. The number of phenols is 4. The summed E-state index contributed by atoms with van der Waals surface area (Å²) in [5, 5.41) is 40.5. The zero-order valence-corrected chi connectivity index (χ0v) is 14.2. The third-order valence-electron chi connectivity index (χ3n) is 4.08. The molecule has 0 radical (unpaired) electrons. The van der Waals surface area contributed by atoms with Gasteiger partial charge in [-0.1, -0.05) is 24.3 Å². The number of hydrogen-bond donors (Lipinski definition) is 4. The highest BCUT2D eigenvalue weighted by molar-refractivity contribution is 5.92. The summed E-state index contributed by atoms with van der Waals surface area (Å²) in [6.45, 7) is 0. The lowest BCUT2D eigenvalue weighted by Crippen LogP contribution is -1.97. The molecule has 3 aromatic rings. The summed E-state index contributed by atoms with van der Waals surface area (Å²) in [6.07, 6.45) is 0. The monoisotopic (exact) mass is 354 g/mol. The van der Waals surface area contributed by atoms with Gasteiger partial charge in [-0.3, -0.25) is 0 Å². The van der Waals surface area contributed by atoms with Crippen LogP contribution >= 0.6 is 0 Å². The van der Waals surface area contributed by atoms with Crippen LogP contribution in [0.3, 0.4) is 0 Å². The fourth-order valence-corrected chi connectivity index (χ4v) is 2.87. The van der Waals surface area contributed by atoms with Crippen molar-refractivity contribution in [1.29, 1.82) is 0 Å². The van der Waals surface area contributed by atoms with Crippen LogP contribution in [0.5, 0.6) is 34.5 Å². The normalized spacial score (nSPS) is 10.5. The van der Waals surface area contributed by atoms with E-state index in [1.165, 1.54) is 38.5 Å². The van der Waals surface area contributed by atoms with E-state index in [0.717, 1.165) is 0 Å². The Hall–Kier alpha value is -3.54. The highest BCUT2D eigenvalue weighted by Crippen LogP contribution is 2.55.